The highest BCUT2D eigenvalue weighted by Crippen LogP contribution is 1.94. The molecule has 7 heavy (non-hydrogen) atoms. The molecule has 5 nitrogen and oxygen atoms in total. The predicted octanol–water partition coefficient (Wildman–Crippen LogP) is 0.805. The average molecular weight is 97.1 g/mol. The second-order valence-corrected chi connectivity index (χ2v) is 0.902. The SMILES string of the molecule is CN=C1N=NN=N1. The highest BCUT2D eigenvalue weighted by Gasteiger charge is 1.93. The molecule has 0 radical (unpaired) electrons. The molecule has 0 saturated carbocycles. The maximum Gasteiger partial charge on any atom is 0.286 e. The Morgan fingerprint density at radius 3 is 2.14 bits per heavy atom. The van der Waals surface area contributed by atoms with Crippen molar-refractivity contribution in [2.24, 2.45) is 25.7 Å². The van der Waals surface area contributed by atoms with Crippen LogP contribution >= 0.6 is 0 Å². The summed E-state index contributed by atoms with van der Waals surface area (Å²) in [5.41, 5.74) is 0. The van der Waals surface area contributed by atoms with Crippen LogP contribution in [0.4, 0.5) is 0 Å². The molecule has 0 fully saturated rings. The normalized spacial score (nSPS) is 15.9. The largest absolute Gasteiger partial charge is 0.286 e. The summed E-state index contributed by atoms with van der Waals surface area (Å²) in [5.74, 6) is 0.333. The Labute approximate surface area is 39.9 Å². The van der Waals surface area contributed by atoms with Crippen molar-refractivity contribution in [3.8, 4) is 0 Å². The maximum absolute atomic E-state index is 3.58. The summed E-state index contributed by atoms with van der Waals surface area (Å²) in [6.45, 7) is 0. The zero-order valence-electron chi connectivity index (χ0n) is 3.74. The molecular formula is C2H3N5. The number of hydrogen-bond acceptors (Lipinski definition) is 3. The first-order chi connectivity index (χ1) is 3.43. The van der Waals surface area contributed by atoms with Crippen LogP contribution in [0.2, 0.25) is 0 Å². The maximum atomic E-state index is 3.58. The Balaban J connectivity index is 2.79. The van der Waals surface area contributed by atoms with Gasteiger partial charge in [0, 0.05) is 7.05 Å². The van der Waals surface area contributed by atoms with Gasteiger partial charge in [0.25, 0.3) is 5.96 Å². The molecule has 1 rings (SSSR count). The van der Waals surface area contributed by atoms with E-state index >= 15 is 0 Å². The summed E-state index contributed by atoms with van der Waals surface area (Å²) in [7, 11) is 1.58. The average Bonchev–Trinajstić information content (AvgIpc) is 2.14. The highest BCUT2D eigenvalue weighted by molar-refractivity contribution is 5.80. The first kappa shape index (κ1) is 4.04. The molecule has 0 spiro atoms. The molecule has 0 aromatic rings. The Morgan fingerprint density at radius 2 is 1.86 bits per heavy atom. The van der Waals surface area contributed by atoms with Crippen molar-refractivity contribution in [2.75, 3.05) is 7.05 Å². The van der Waals surface area contributed by atoms with Gasteiger partial charge in [-0.15, -0.1) is 0 Å². The molecule has 0 bridgehead atoms. The standard InChI is InChI=1S/C2H3N5/c1-3-2-4-6-7-5-2/h1H3. The van der Waals surface area contributed by atoms with Crippen molar-refractivity contribution in [3.63, 3.8) is 0 Å². The first-order valence-corrected chi connectivity index (χ1v) is 1.72. The third-order valence-electron chi connectivity index (χ3n) is 0.508. The van der Waals surface area contributed by atoms with E-state index in [9.17, 15) is 0 Å². The van der Waals surface area contributed by atoms with Crippen molar-refractivity contribution in [3.05, 3.63) is 0 Å². The monoisotopic (exact) mass is 97.0 g/mol. The van der Waals surface area contributed by atoms with E-state index in [1.807, 2.05) is 0 Å². The molecule has 0 atom stereocenters. The van der Waals surface area contributed by atoms with Crippen LogP contribution in [0.15, 0.2) is 25.7 Å². The van der Waals surface area contributed by atoms with Crippen molar-refractivity contribution < 1.29 is 0 Å². The van der Waals surface area contributed by atoms with E-state index in [0.29, 0.717) is 5.96 Å². The van der Waals surface area contributed by atoms with Crippen molar-refractivity contribution >= 4 is 5.96 Å². The molecule has 0 aromatic carbocycles. The molecule has 0 amide bonds. The van der Waals surface area contributed by atoms with Gasteiger partial charge < -0.3 is 0 Å². The van der Waals surface area contributed by atoms with Crippen LogP contribution in [0.5, 0.6) is 0 Å². The van der Waals surface area contributed by atoms with E-state index in [-0.39, 0.29) is 0 Å². The van der Waals surface area contributed by atoms with Gasteiger partial charge in [0.15, 0.2) is 0 Å². The number of rotatable bonds is 0. The Hall–Kier alpha value is -1.13. The van der Waals surface area contributed by atoms with Gasteiger partial charge in [-0.2, -0.15) is 0 Å². The van der Waals surface area contributed by atoms with Crippen molar-refractivity contribution in [1.29, 1.82) is 0 Å². The van der Waals surface area contributed by atoms with Crippen LogP contribution in [0.25, 0.3) is 0 Å². The van der Waals surface area contributed by atoms with Gasteiger partial charge in [-0.1, -0.05) is 10.2 Å². The minimum atomic E-state index is 0.333. The third kappa shape index (κ3) is 0.648. The lowest BCUT2D eigenvalue weighted by molar-refractivity contribution is 1.06. The molecule has 0 aliphatic carbocycles. The topological polar surface area (TPSA) is 61.8 Å². The molecule has 0 unspecified atom stereocenters. The van der Waals surface area contributed by atoms with Crippen molar-refractivity contribution in [1.82, 2.24) is 0 Å². The quantitative estimate of drug-likeness (QED) is 0.429. The van der Waals surface area contributed by atoms with E-state index in [4.69, 9.17) is 0 Å². The van der Waals surface area contributed by atoms with Gasteiger partial charge in [0.2, 0.25) is 0 Å². The van der Waals surface area contributed by atoms with Gasteiger partial charge >= 0.3 is 0 Å². The van der Waals surface area contributed by atoms with Crippen LogP contribution in [-0.4, -0.2) is 13.0 Å². The predicted molar refractivity (Wildman–Crippen MR) is 23.1 cm³/mol. The molecule has 0 aromatic heterocycles. The molecule has 1 aliphatic heterocycles. The van der Waals surface area contributed by atoms with Crippen LogP contribution in [-0.2, 0) is 0 Å². The molecule has 36 valence electrons. The lowest BCUT2D eigenvalue weighted by Gasteiger charge is -1.69. The highest BCUT2D eigenvalue weighted by atomic mass is 15.6. The summed E-state index contributed by atoms with van der Waals surface area (Å²) >= 11 is 0. The van der Waals surface area contributed by atoms with Crippen LogP contribution in [0.3, 0.4) is 0 Å². The fourth-order valence-corrected chi connectivity index (χ4v) is 0.229. The second kappa shape index (κ2) is 1.55. The van der Waals surface area contributed by atoms with E-state index in [1.165, 1.54) is 0 Å². The summed E-state index contributed by atoms with van der Waals surface area (Å²) in [6.07, 6.45) is 0. The Bertz CT molecular complexity index is 128. The molecule has 1 aliphatic rings. The number of aliphatic imine (C=N–C) groups is 1. The fourth-order valence-electron chi connectivity index (χ4n) is 0.229. The third-order valence-corrected chi connectivity index (χ3v) is 0.508. The molecular weight excluding hydrogens is 94.1 g/mol. The zero-order valence-corrected chi connectivity index (χ0v) is 3.74. The minimum absolute atomic E-state index is 0.333. The summed E-state index contributed by atoms with van der Waals surface area (Å²) < 4.78 is 0. The zero-order chi connectivity index (χ0) is 5.11. The summed E-state index contributed by atoms with van der Waals surface area (Å²) in [4.78, 5) is 3.58. The Kier molecular flexibility index (Phi) is 0.892. The number of nitrogens with zero attached hydrogens (tertiary/aromatic N) is 5. The van der Waals surface area contributed by atoms with Crippen LogP contribution in [0, 0.1) is 0 Å². The fraction of sp³-hybridized carbons (Fsp3) is 0.500. The number of guanidine groups is 1. The Morgan fingerprint density at radius 1 is 1.29 bits per heavy atom. The lowest BCUT2D eigenvalue weighted by atomic mass is 11.0. The molecule has 5 heteroatoms. The van der Waals surface area contributed by atoms with Crippen LogP contribution in [0.1, 0.15) is 0 Å². The van der Waals surface area contributed by atoms with Gasteiger partial charge in [0.1, 0.15) is 0 Å². The van der Waals surface area contributed by atoms with Crippen LogP contribution < -0.4 is 0 Å². The first-order valence-electron chi connectivity index (χ1n) is 1.72. The lowest BCUT2D eigenvalue weighted by Crippen LogP contribution is -1.77. The second-order valence-electron chi connectivity index (χ2n) is 0.902. The van der Waals surface area contributed by atoms with Gasteiger partial charge in [-0.25, -0.2) is 0 Å². The number of hydrogen-bond donors (Lipinski definition) is 0. The minimum Gasteiger partial charge on any atom is -0.250 e. The van der Waals surface area contributed by atoms with E-state index < -0.39 is 0 Å². The molecule has 0 saturated heterocycles. The summed E-state index contributed by atoms with van der Waals surface area (Å²) in [5, 5.41) is 13.2. The van der Waals surface area contributed by atoms with Gasteiger partial charge in [0.05, 0.1) is 0 Å². The molecule has 1 heterocycles. The van der Waals surface area contributed by atoms with E-state index in [2.05, 4.69) is 25.7 Å². The van der Waals surface area contributed by atoms with Gasteiger partial charge in [-0.3, -0.25) is 4.99 Å². The van der Waals surface area contributed by atoms with E-state index in [0.717, 1.165) is 0 Å². The van der Waals surface area contributed by atoms with Gasteiger partial charge in [-0.05, 0) is 10.4 Å². The summed E-state index contributed by atoms with van der Waals surface area (Å²) in [6, 6.07) is 0. The smallest absolute Gasteiger partial charge is 0.250 e. The molecule has 0 N–H and O–H groups in total. The van der Waals surface area contributed by atoms with Crippen molar-refractivity contribution in [2.45, 2.75) is 0 Å². The van der Waals surface area contributed by atoms with E-state index in [1.54, 1.807) is 7.05 Å².